The van der Waals surface area contributed by atoms with Crippen molar-refractivity contribution in [1.29, 1.82) is 0 Å². The molecule has 1 atom stereocenters. The van der Waals surface area contributed by atoms with E-state index in [1.165, 1.54) is 0 Å². The fraction of sp³-hybridized carbons (Fsp3) is 0.381. The normalized spacial score (nSPS) is 20.2. The van der Waals surface area contributed by atoms with Crippen molar-refractivity contribution in [1.82, 2.24) is 20.5 Å². The van der Waals surface area contributed by atoms with Gasteiger partial charge in [-0.3, -0.25) is 14.6 Å². The van der Waals surface area contributed by atoms with Gasteiger partial charge in [-0.15, -0.1) is 0 Å². The molecule has 2 aromatic rings. The van der Waals surface area contributed by atoms with Gasteiger partial charge in [-0.2, -0.15) is 0 Å². The number of nitrogens with one attached hydrogen (secondary N) is 2. The van der Waals surface area contributed by atoms with Crippen molar-refractivity contribution in [3.63, 3.8) is 0 Å². The molecule has 2 aliphatic rings. The first-order valence-corrected chi connectivity index (χ1v) is 9.56. The number of benzene rings is 1. The topological polar surface area (TPSA) is 74.3 Å². The third kappa shape index (κ3) is 4.01. The Labute approximate surface area is 159 Å². The minimum atomic E-state index is 0.0464. The van der Waals surface area contributed by atoms with E-state index < -0.39 is 0 Å². The zero-order chi connectivity index (χ0) is 18.6. The van der Waals surface area contributed by atoms with Crippen molar-refractivity contribution in [2.45, 2.75) is 25.3 Å². The lowest BCUT2D eigenvalue weighted by Gasteiger charge is -2.19. The van der Waals surface area contributed by atoms with E-state index in [4.69, 9.17) is 0 Å². The van der Waals surface area contributed by atoms with Gasteiger partial charge in [-0.05, 0) is 37.1 Å². The molecular weight excluding hydrogens is 340 g/mol. The summed E-state index contributed by atoms with van der Waals surface area (Å²) in [6.45, 7) is 3.32. The summed E-state index contributed by atoms with van der Waals surface area (Å²) in [5.74, 6) is 0.163. The van der Waals surface area contributed by atoms with Gasteiger partial charge in [0, 0.05) is 37.8 Å². The fourth-order valence-corrected chi connectivity index (χ4v) is 3.67. The number of carbonyl (C=O) groups excluding carboxylic acids is 2. The van der Waals surface area contributed by atoms with Crippen molar-refractivity contribution >= 4 is 11.8 Å². The second-order valence-electron chi connectivity index (χ2n) is 7.11. The summed E-state index contributed by atoms with van der Waals surface area (Å²) in [5.41, 5.74) is 3.59. The molecule has 1 unspecified atom stereocenters. The monoisotopic (exact) mass is 364 g/mol. The second-order valence-corrected chi connectivity index (χ2v) is 7.11. The first kappa shape index (κ1) is 17.7. The van der Waals surface area contributed by atoms with E-state index in [9.17, 15) is 9.59 Å². The third-order valence-corrected chi connectivity index (χ3v) is 5.24. The smallest absolute Gasteiger partial charge is 0.255 e. The maximum absolute atomic E-state index is 12.6. The Morgan fingerprint density at radius 1 is 1.07 bits per heavy atom. The molecule has 2 aliphatic heterocycles. The van der Waals surface area contributed by atoms with Gasteiger partial charge in [0.25, 0.3) is 5.91 Å². The van der Waals surface area contributed by atoms with Crippen molar-refractivity contribution < 1.29 is 9.59 Å². The number of hydrogen-bond acceptors (Lipinski definition) is 4. The van der Waals surface area contributed by atoms with Crippen LogP contribution in [0.5, 0.6) is 0 Å². The molecule has 0 spiro atoms. The minimum absolute atomic E-state index is 0.0464. The Hall–Kier alpha value is -2.73. The van der Waals surface area contributed by atoms with Crippen molar-refractivity contribution in [2.24, 2.45) is 0 Å². The molecule has 0 aliphatic carbocycles. The molecule has 6 heteroatoms. The van der Waals surface area contributed by atoms with Gasteiger partial charge in [0.2, 0.25) is 5.91 Å². The van der Waals surface area contributed by atoms with Gasteiger partial charge in [0.1, 0.15) is 0 Å². The first-order valence-electron chi connectivity index (χ1n) is 9.56. The molecule has 1 aromatic carbocycles. The van der Waals surface area contributed by atoms with Crippen LogP contribution in [0.3, 0.4) is 0 Å². The molecule has 1 aromatic heterocycles. The molecule has 140 valence electrons. The lowest BCUT2D eigenvalue weighted by atomic mass is 10.0. The lowest BCUT2D eigenvalue weighted by Crippen LogP contribution is -2.34. The average Bonchev–Trinajstić information content (AvgIpc) is 2.97. The number of pyridine rings is 1. The second kappa shape index (κ2) is 7.88. The number of hydrogen-bond donors (Lipinski definition) is 2. The molecule has 27 heavy (non-hydrogen) atoms. The van der Waals surface area contributed by atoms with Gasteiger partial charge >= 0.3 is 0 Å². The minimum Gasteiger partial charge on any atom is -0.349 e. The highest BCUT2D eigenvalue weighted by molar-refractivity contribution is 5.94. The SMILES string of the molecule is O=C1CCC(c2ccc(-c3ccc(C(=O)N4CCCNCC4)cn3)cc2)N1. The average molecular weight is 364 g/mol. The molecule has 2 fully saturated rings. The first-order chi connectivity index (χ1) is 13.2. The number of aromatic nitrogens is 1. The fourth-order valence-electron chi connectivity index (χ4n) is 3.67. The molecule has 6 nitrogen and oxygen atoms in total. The van der Waals surface area contributed by atoms with E-state index in [2.05, 4.69) is 15.6 Å². The van der Waals surface area contributed by atoms with Crippen LogP contribution < -0.4 is 10.6 Å². The summed E-state index contributed by atoms with van der Waals surface area (Å²) in [6.07, 6.45) is 4.09. The van der Waals surface area contributed by atoms with E-state index in [-0.39, 0.29) is 17.9 Å². The summed E-state index contributed by atoms with van der Waals surface area (Å²) in [6, 6.07) is 12.0. The highest BCUT2D eigenvalue weighted by Crippen LogP contribution is 2.26. The quantitative estimate of drug-likeness (QED) is 0.875. The Bertz CT molecular complexity index is 809. The summed E-state index contributed by atoms with van der Waals surface area (Å²) in [7, 11) is 0. The van der Waals surface area contributed by atoms with Crippen LogP contribution in [0, 0.1) is 0 Å². The van der Waals surface area contributed by atoms with Crippen LogP contribution in [-0.4, -0.2) is 47.9 Å². The van der Waals surface area contributed by atoms with E-state index in [0.29, 0.717) is 12.0 Å². The molecule has 0 saturated carbocycles. The highest BCUT2D eigenvalue weighted by atomic mass is 16.2. The van der Waals surface area contributed by atoms with Crippen molar-refractivity contribution in [2.75, 3.05) is 26.2 Å². The Morgan fingerprint density at radius 3 is 2.63 bits per heavy atom. The largest absolute Gasteiger partial charge is 0.349 e. The Balaban J connectivity index is 1.45. The molecule has 2 amide bonds. The van der Waals surface area contributed by atoms with E-state index in [1.807, 2.05) is 41.3 Å². The van der Waals surface area contributed by atoms with Gasteiger partial charge in [0.05, 0.1) is 17.3 Å². The van der Waals surface area contributed by atoms with Crippen LogP contribution in [0.15, 0.2) is 42.6 Å². The van der Waals surface area contributed by atoms with E-state index >= 15 is 0 Å². The van der Waals surface area contributed by atoms with Crippen LogP contribution in [-0.2, 0) is 4.79 Å². The predicted molar refractivity (Wildman–Crippen MR) is 103 cm³/mol. The Kier molecular flexibility index (Phi) is 5.16. The molecule has 4 rings (SSSR count). The van der Waals surface area contributed by atoms with Crippen LogP contribution in [0.1, 0.15) is 41.2 Å². The van der Waals surface area contributed by atoms with Crippen LogP contribution in [0.2, 0.25) is 0 Å². The van der Waals surface area contributed by atoms with Gasteiger partial charge < -0.3 is 15.5 Å². The van der Waals surface area contributed by atoms with Crippen molar-refractivity contribution in [3.05, 3.63) is 53.7 Å². The van der Waals surface area contributed by atoms with Crippen LogP contribution in [0.25, 0.3) is 11.3 Å². The van der Waals surface area contributed by atoms with Gasteiger partial charge in [0.15, 0.2) is 0 Å². The van der Waals surface area contributed by atoms with E-state index in [0.717, 1.165) is 55.8 Å². The maximum Gasteiger partial charge on any atom is 0.255 e. The zero-order valence-corrected chi connectivity index (χ0v) is 15.3. The number of rotatable bonds is 3. The summed E-state index contributed by atoms with van der Waals surface area (Å²) in [5, 5.41) is 6.29. The predicted octanol–water partition coefficient (Wildman–Crippen LogP) is 2.14. The summed E-state index contributed by atoms with van der Waals surface area (Å²) >= 11 is 0. The van der Waals surface area contributed by atoms with Crippen molar-refractivity contribution in [3.8, 4) is 11.3 Å². The highest BCUT2D eigenvalue weighted by Gasteiger charge is 2.22. The lowest BCUT2D eigenvalue weighted by molar-refractivity contribution is -0.119. The summed E-state index contributed by atoms with van der Waals surface area (Å²) in [4.78, 5) is 30.4. The summed E-state index contributed by atoms with van der Waals surface area (Å²) < 4.78 is 0. The third-order valence-electron chi connectivity index (χ3n) is 5.24. The maximum atomic E-state index is 12.6. The van der Waals surface area contributed by atoms with Crippen LogP contribution in [0.4, 0.5) is 0 Å². The standard InChI is InChI=1S/C21H24N4O2/c26-20-9-8-19(24-20)16-4-2-15(3-5-16)18-7-6-17(14-23-18)21(27)25-12-1-10-22-11-13-25/h2-7,14,19,22H,1,8-13H2,(H,24,26). The number of amides is 2. The zero-order valence-electron chi connectivity index (χ0n) is 15.3. The molecule has 3 heterocycles. The van der Waals surface area contributed by atoms with Gasteiger partial charge in [-0.1, -0.05) is 24.3 Å². The molecule has 0 radical (unpaired) electrons. The molecule has 2 saturated heterocycles. The number of nitrogens with zero attached hydrogens (tertiary/aromatic N) is 2. The van der Waals surface area contributed by atoms with Gasteiger partial charge in [-0.25, -0.2) is 0 Å². The molecule has 2 N–H and O–H groups in total. The van der Waals surface area contributed by atoms with Crippen LogP contribution >= 0.6 is 0 Å². The molecule has 0 bridgehead atoms. The Morgan fingerprint density at radius 2 is 1.93 bits per heavy atom. The number of carbonyl (C=O) groups is 2. The van der Waals surface area contributed by atoms with E-state index in [1.54, 1.807) is 6.20 Å². The molecular formula is C21H24N4O2.